The summed E-state index contributed by atoms with van der Waals surface area (Å²) in [6.45, 7) is 1.53. The monoisotopic (exact) mass is 546 g/mol. The van der Waals surface area contributed by atoms with Crippen LogP contribution in [0.25, 0.3) is 0 Å². The Morgan fingerprint density at radius 2 is 1.86 bits per heavy atom. The molecule has 1 aliphatic rings. The number of alkyl halides is 3. The average Bonchev–Trinajstić information content (AvgIpc) is 2.78. The third-order valence-corrected chi connectivity index (χ3v) is 6.41. The van der Waals surface area contributed by atoms with E-state index in [9.17, 15) is 31.5 Å². The molecule has 0 saturated heterocycles. The van der Waals surface area contributed by atoms with Crippen LogP contribution in [0.15, 0.2) is 29.5 Å². The number of aliphatic imine (C=N–C) groups is 1. The number of carbonyl (C=O) groups excluding carboxylic acids is 2. The van der Waals surface area contributed by atoms with Gasteiger partial charge in [0.05, 0.1) is 17.9 Å². The Kier molecular flexibility index (Phi) is 7.67. The molecule has 2 atom stereocenters. The van der Waals surface area contributed by atoms with Gasteiger partial charge in [-0.1, -0.05) is 11.8 Å². The van der Waals surface area contributed by atoms with Gasteiger partial charge in [0, 0.05) is 37.8 Å². The summed E-state index contributed by atoms with van der Waals surface area (Å²) in [6.07, 6.45) is -2.93. The topological polar surface area (TPSA) is 123 Å². The number of nitrogens with zero attached hydrogens (tertiary/aromatic N) is 4. The van der Waals surface area contributed by atoms with Gasteiger partial charge < -0.3 is 20.7 Å². The molecule has 0 fully saturated rings. The molecule has 1 aromatic carbocycles. The largest absolute Gasteiger partial charge is 0.467 e. The highest BCUT2D eigenvalue weighted by atomic mass is 32.2. The number of anilines is 1. The number of thioether (sulfide) groups is 1. The molecule has 9 nitrogen and oxygen atoms in total. The molecule has 0 spiro atoms. The van der Waals surface area contributed by atoms with Crippen molar-refractivity contribution in [1.82, 2.24) is 14.9 Å². The Labute approximate surface area is 212 Å². The van der Waals surface area contributed by atoms with E-state index in [1.54, 1.807) is 21.0 Å². The van der Waals surface area contributed by atoms with Crippen molar-refractivity contribution in [2.45, 2.75) is 36.7 Å². The minimum Gasteiger partial charge on any atom is -0.467 e. The highest BCUT2D eigenvalue weighted by Gasteiger charge is 2.48. The van der Waals surface area contributed by atoms with Crippen LogP contribution in [0.4, 0.5) is 27.6 Å². The summed E-state index contributed by atoms with van der Waals surface area (Å²) >= 11 is 1.01. The maximum atomic E-state index is 15.0. The van der Waals surface area contributed by atoms with Crippen molar-refractivity contribution < 1.29 is 36.3 Å². The molecule has 1 aliphatic heterocycles. The number of hydrogen-bond acceptors (Lipinski definition) is 8. The smallest absolute Gasteiger partial charge is 0.422 e. The summed E-state index contributed by atoms with van der Waals surface area (Å²) in [7, 11) is 3.11. The van der Waals surface area contributed by atoms with Crippen molar-refractivity contribution in [3.8, 4) is 5.88 Å². The van der Waals surface area contributed by atoms with E-state index in [0.717, 1.165) is 36.3 Å². The number of rotatable bonds is 6. The molecular weight excluding hydrogens is 523 g/mol. The predicted molar refractivity (Wildman–Crippen MR) is 126 cm³/mol. The Balaban J connectivity index is 1.88. The molecule has 0 radical (unpaired) electrons. The molecule has 200 valence electrons. The lowest BCUT2D eigenvalue weighted by atomic mass is 9.82. The second kappa shape index (κ2) is 10.1. The SMILES string of the molecule is CN(C)C(=O)[C@@]1(C)C[C@@](C)(c2cc(NC(=O)c3cnc(OCC(F)(F)F)cn3)cc(F)c2F)N=C(N)S1. The fourth-order valence-electron chi connectivity index (χ4n) is 3.89. The van der Waals surface area contributed by atoms with Crippen LogP contribution in [-0.2, 0) is 10.3 Å². The third kappa shape index (κ3) is 6.45. The first-order chi connectivity index (χ1) is 17.0. The Hall–Kier alpha value is -3.49. The van der Waals surface area contributed by atoms with Gasteiger partial charge in [-0.05, 0) is 19.9 Å². The molecule has 2 aromatic rings. The zero-order chi connectivity index (χ0) is 27.8. The number of halogens is 5. The highest BCUT2D eigenvalue weighted by molar-refractivity contribution is 8.15. The summed E-state index contributed by atoms with van der Waals surface area (Å²) in [5.74, 6) is -4.17. The first-order valence-electron chi connectivity index (χ1n) is 10.6. The van der Waals surface area contributed by atoms with Gasteiger partial charge in [-0.15, -0.1) is 0 Å². The summed E-state index contributed by atoms with van der Waals surface area (Å²) in [5, 5.41) is 2.35. The fraction of sp³-hybridized carbons (Fsp3) is 0.409. The number of hydrogen-bond donors (Lipinski definition) is 2. The lowest BCUT2D eigenvalue weighted by Gasteiger charge is -2.41. The van der Waals surface area contributed by atoms with Crippen LogP contribution in [0.1, 0.15) is 36.3 Å². The zero-order valence-corrected chi connectivity index (χ0v) is 20.9. The van der Waals surface area contributed by atoms with Gasteiger partial charge >= 0.3 is 6.18 Å². The van der Waals surface area contributed by atoms with Crippen molar-refractivity contribution in [3.05, 3.63) is 47.4 Å². The number of amidine groups is 1. The minimum absolute atomic E-state index is 0.00352. The molecule has 1 aromatic heterocycles. The molecule has 0 bridgehead atoms. The summed E-state index contributed by atoms with van der Waals surface area (Å²) < 4.78 is 69.7. The van der Waals surface area contributed by atoms with E-state index < -0.39 is 46.5 Å². The van der Waals surface area contributed by atoms with E-state index in [4.69, 9.17) is 5.73 Å². The molecule has 3 rings (SSSR count). The summed E-state index contributed by atoms with van der Waals surface area (Å²) in [5.41, 5.74) is 3.78. The second-order valence-corrected chi connectivity index (χ2v) is 10.4. The van der Waals surface area contributed by atoms with Crippen molar-refractivity contribution in [3.63, 3.8) is 0 Å². The Morgan fingerprint density at radius 3 is 2.43 bits per heavy atom. The molecular formula is C22H23F5N6O3S. The number of amides is 2. The number of carbonyl (C=O) groups is 2. The quantitative estimate of drug-likeness (QED) is 0.532. The number of benzene rings is 1. The van der Waals surface area contributed by atoms with Crippen LogP contribution in [0, 0.1) is 11.6 Å². The van der Waals surface area contributed by atoms with Crippen LogP contribution in [0.2, 0.25) is 0 Å². The average molecular weight is 547 g/mol. The van der Waals surface area contributed by atoms with Gasteiger partial charge in [-0.25, -0.2) is 18.7 Å². The Morgan fingerprint density at radius 1 is 1.19 bits per heavy atom. The van der Waals surface area contributed by atoms with Gasteiger partial charge in [0.25, 0.3) is 5.91 Å². The zero-order valence-electron chi connectivity index (χ0n) is 20.1. The van der Waals surface area contributed by atoms with E-state index in [0.29, 0.717) is 0 Å². The van der Waals surface area contributed by atoms with Gasteiger partial charge in [0.15, 0.2) is 23.4 Å². The molecule has 0 saturated carbocycles. The van der Waals surface area contributed by atoms with Gasteiger partial charge in [-0.2, -0.15) is 13.2 Å². The first-order valence-corrected chi connectivity index (χ1v) is 11.4. The number of nitrogens with two attached hydrogens (primary N) is 1. The maximum Gasteiger partial charge on any atom is 0.422 e. The number of ether oxygens (including phenoxy) is 1. The van der Waals surface area contributed by atoms with E-state index in [1.165, 1.54) is 11.8 Å². The fourth-order valence-corrected chi connectivity index (χ4v) is 5.22. The van der Waals surface area contributed by atoms with Crippen LogP contribution in [-0.4, -0.2) is 63.5 Å². The summed E-state index contributed by atoms with van der Waals surface area (Å²) in [6, 6.07) is 1.90. The minimum atomic E-state index is -4.58. The van der Waals surface area contributed by atoms with Crippen LogP contribution >= 0.6 is 11.8 Å². The van der Waals surface area contributed by atoms with Gasteiger partial charge in [0.2, 0.25) is 11.8 Å². The molecule has 3 N–H and O–H groups in total. The Bertz CT molecular complexity index is 1240. The number of nitrogens with one attached hydrogen (secondary N) is 1. The van der Waals surface area contributed by atoms with Crippen molar-refractivity contribution >= 4 is 34.4 Å². The van der Waals surface area contributed by atoms with Crippen molar-refractivity contribution in [1.29, 1.82) is 0 Å². The predicted octanol–water partition coefficient (Wildman–Crippen LogP) is 3.46. The van der Waals surface area contributed by atoms with E-state index in [-0.39, 0.29) is 34.4 Å². The molecule has 2 amide bonds. The second-order valence-electron chi connectivity index (χ2n) is 8.85. The molecule has 37 heavy (non-hydrogen) atoms. The van der Waals surface area contributed by atoms with Crippen LogP contribution in [0.5, 0.6) is 5.88 Å². The lowest BCUT2D eigenvalue weighted by molar-refractivity contribution is -0.154. The summed E-state index contributed by atoms with van der Waals surface area (Å²) in [4.78, 5) is 38.3. The standard InChI is InChI=1S/C22H23F5N6O3S/c1-20(9-21(2,18(35)33(3)4)37-19(28)32-20)12-5-11(6-13(23)16(12)24)31-17(34)14-7-30-15(8-29-14)36-10-22(25,26)27/h5-8H,9-10H2,1-4H3,(H2,28,32)(H,31,34)/t20-,21+/m0/s1. The van der Waals surface area contributed by atoms with Crippen molar-refractivity contribution in [2.24, 2.45) is 10.7 Å². The van der Waals surface area contributed by atoms with E-state index in [1.807, 2.05) is 0 Å². The third-order valence-electron chi connectivity index (χ3n) is 5.34. The molecule has 0 unspecified atom stereocenters. The van der Waals surface area contributed by atoms with E-state index >= 15 is 0 Å². The highest BCUT2D eigenvalue weighted by Crippen LogP contribution is 2.47. The maximum absolute atomic E-state index is 15.0. The van der Waals surface area contributed by atoms with Crippen molar-refractivity contribution in [2.75, 3.05) is 26.0 Å². The molecule has 2 heterocycles. The van der Waals surface area contributed by atoms with Gasteiger partial charge in [0.1, 0.15) is 10.4 Å². The molecule has 15 heteroatoms. The van der Waals surface area contributed by atoms with Gasteiger partial charge in [-0.3, -0.25) is 14.6 Å². The van der Waals surface area contributed by atoms with Crippen LogP contribution < -0.4 is 15.8 Å². The molecule has 0 aliphatic carbocycles. The normalized spacial score (nSPS) is 21.7. The van der Waals surface area contributed by atoms with E-state index in [2.05, 4.69) is 25.0 Å². The number of aromatic nitrogens is 2. The lowest BCUT2D eigenvalue weighted by Crippen LogP contribution is -2.49. The van der Waals surface area contributed by atoms with Crippen LogP contribution in [0.3, 0.4) is 0 Å². The first kappa shape index (κ1) is 28.1.